The molecule has 0 saturated carbocycles. The number of rotatable bonds is 5. The molecule has 0 amide bonds. The fourth-order valence-corrected chi connectivity index (χ4v) is 9.00. The van der Waals surface area contributed by atoms with Crippen LogP contribution in [0.25, 0.3) is 54.8 Å². The average Bonchev–Trinajstić information content (AvgIpc) is 3.11. The number of para-hydroxylation sites is 1. The van der Waals surface area contributed by atoms with E-state index < -0.39 is 7.14 Å². The fraction of sp³-hybridized carbons (Fsp3) is 0. The van der Waals surface area contributed by atoms with Crippen LogP contribution in [0, 0.1) is 0 Å². The van der Waals surface area contributed by atoms with Gasteiger partial charge in [0.25, 0.3) is 0 Å². The third-order valence-corrected chi connectivity index (χ3v) is 11.6. The van der Waals surface area contributed by atoms with E-state index in [4.69, 9.17) is 4.98 Å². The minimum absolute atomic E-state index is 0.829. The Morgan fingerprint density at radius 2 is 0.977 bits per heavy atom. The molecule has 0 spiro atoms. The van der Waals surface area contributed by atoms with E-state index in [0.29, 0.717) is 0 Å². The van der Waals surface area contributed by atoms with Crippen molar-refractivity contribution >= 4 is 55.6 Å². The molecule has 2 nitrogen and oxygen atoms in total. The fourth-order valence-electron chi connectivity index (χ4n) is 6.31. The molecule has 0 aliphatic carbocycles. The lowest BCUT2D eigenvalue weighted by molar-refractivity contribution is 0.592. The average molecular weight is 582 g/mol. The van der Waals surface area contributed by atoms with Crippen molar-refractivity contribution in [3.63, 3.8) is 0 Å². The summed E-state index contributed by atoms with van der Waals surface area (Å²) in [5.41, 5.74) is 6.41. The zero-order valence-corrected chi connectivity index (χ0v) is 24.9. The molecule has 208 valence electrons. The van der Waals surface area contributed by atoms with Gasteiger partial charge in [0.05, 0.1) is 11.0 Å². The standard InChI is InChI=1S/C41H28NOP/c43-44(33-14-3-1-4-15-33,34-16-5-2-6-17-34)35-18-11-13-31(26-35)29-22-24-30(25-23-29)38-28-41-39(37-20-9-8-19-36(37)38)27-32-12-7-10-21-40(32)42-41/h1-28H. The number of hydrogen-bond acceptors (Lipinski definition) is 2. The highest BCUT2D eigenvalue weighted by molar-refractivity contribution is 7.85. The van der Waals surface area contributed by atoms with Crippen LogP contribution in [0.2, 0.25) is 0 Å². The monoisotopic (exact) mass is 581 g/mol. The summed E-state index contributed by atoms with van der Waals surface area (Å²) in [6.45, 7) is 0. The molecule has 44 heavy (non-hydrogen) atoms. The topological polar surface area (TPSA) is 30.0 Å². The summed E-state index contributed by atoms with van der Waals surface area (Å²) in [5.74, 6) is 0. The van der Waals surface area contributed by atoms with Crippen molar-refractivity contribution in [2.75, 3.05) is 0 Å². The van der Waals surface area contributed by atoms with Gasteiger partial charge in [-0.05, 0) is 57.3 Å². The van der Waals surface area contributed by atoms with Crippen molar-refractivity contribution < 1.29 is 4.57 Å². The SMILES string of the molecule is O=P(c1ccccc1)(c1ccccc1)c1cccc(-c2ccc(-c3cc4nc5ccccc5cc4c4ccccc34)cc2)c1. The zero-order valence-electron chi connectivity index (χ0n) is 24.0. The molecule has 3 heteroatoms. The Hall–Kier alpha value is -5.30. The third-order valence-electron chi connectivity index (χ3n) is 8.52. The lowest BCUT2D eigenvalue weighted by Crippen LogP contribution is -2.25. The number of fused-ring (bicyclic) bond motifs is 4. The Kier molecular flexibility index (Phi) is 6.44. The van der Waals surface area contributed by atoms with Gasteiger partial charge >= 0.3 is 0 Å². The van der Waals surface area contributed by atoms with E-state index in [9.17, 15) is 4.57 Å². The molecule has 7 aromatic carbocycles. The predicted octanol–water partition coefficient (Wildman–Crippen LogP) is 9.51. The van der Waals surface area contributed by atoms with Gasteiger partial charge in [-0.25, -0.2) is 4.98 Å². The Morgan fingerprint density at radius 3 is 1.70 bits per heavy atom. The Balaban J connectivity index is 1.23. The van der Waals surface area contributed by atoms with Crippen LogP contribution < -0.4 is 15.9 Å². The summed E-state index contributed by atoms with van der Waals surface area (Å²) in [5, 5.41) is 7.22. The number of benzene rings is 7. The Bertz CT molecular complexity index is 2300. The molecule has 1 heterocycles. The second-order valence-corrected chi connectivity index (χ2v) is 13.9. The van der Waals surface area contributed by atoms with Gasteiger partial charge in [-0.3, -0.25) is 0 Å². The molecule has 8 rings (SSSR count). The summed E-state index contributed by atoms with van der Waals surface area (Å²) in [6, 6.07) is 57.9. The Labute approximate surface area is 256 Å². The summed E-state index contributed by atoms with van der Waals surface area (Å²) >= 11 is 0. The molecule has 0 aliphatic heterocycles. The van der Waals surface area contributed by atoms with Gasteiger partial charge in [-0.2, -0.15) is 0 Å². The molecule has 0 N–H and O–H groups in total. The van der Waals surface area contributed by atoms with E-state index in [1.54, 1.807) is 0 Å². The summed E-state index contributed by atoms with van der Waals surface area (Å²) in [6.07, 6.45) is 0. The maximum atomic E-state index is 14.9. The van der Waals surface area contributed by atoms with E-state index >= 15 is 0 Å². The number of aromatic nitrogens is 1. The maximum absolute atomic E-state index is 14.9. The Morgan fingerprint density at radius 1 is 0.386 bits per heavy atom. The van der Waals surface area contributed by atoms with Crippen molar-refractivity contribution in [3.05, 3.63) is 170 Å². The minimum atomic E-state index is -3.06. The van der Waals surface area contributed by atoms with Gasteiger partial charge in [-0.15, -0.1) is 0 Å². The zero-order chi connectivity index (χ0) is 29.5. The molecular formula is C41H28NOP. The van der Waals surface area contributed by atoms with Gasteiger partial charge in [0.15, 0.2) is 7.14 Å². The molecule has 0 atom stereocenters. The van der Waals surface area contributed by atoms with Gasteiger partial charge in [0.2, 0.25) is 0 Å². The van der Waals surface area contributed by atoms with Crippen LogP contribution in [0.15, 0.2) is 170 Å². The maximum Gasteiger partial charge on any atom is 0.171 e. The van der Waals surface area contributed by atoms with E-state index in [0.717, 1.165) is 60.0 Å². The van der Waals surface area contributed by atoms with Gasteiger partial charge in [0, 0.05) is 26.7 Å². The van der Waals surface area contributed by atoms with Crippen molar-refractivity contribution in [2.24, 2.45) is 0 Å². The van der Waals surface area contributed by atoms with Crippen molar-refractivity contribution in [2.45, 2.75) is 0 Å². The first-order chi connectivity index (χ1) is 21.7. The second kappa shape index (κ2) is 10.8. The van der Waals surface area contributed by atoms with Crippen LogP contribution in [0.1, 0.15) is 0 Å². The van der Waals surface area contributed by atoms with E-state index in [1.807, 2.05) is 78.9 Å². The first kappa shape index (κ1) is 26.3. The van der Waals surface area contributed by atoms with Gasteiger partial charge in [-0.1, -0.05) is 146 Å². The third kappa shape index (κ3) is 4.43. The van der Waals surface area contributed by atoms with Crippen LogP contribution in [0.5, 0.6) is 0 Å². The van der Waals surface area contributed by atoms with Gasteiger partial charge in [0.1, 0.15) is 0 Å². The molecule has 8 aromatic rings. The summed E-state index contributed by atoms with van der Waals surface area (Å²) in [4.78, 5) is 5.04. The molecule has 0 fully saturated rings. The van der Waals surface area contributed by atoms with E-state index in [2.05, 4.69) is 91.0 Å². The highest BCUT2D eigenvalue weighted by Crippen LogP contribution is 2.43. The molecule has 0 radical (unpaired) electrons. The first-order valence-corrected chi connectivity index (χ1v) is 16.5. The predicted molar refractivity (Wildman–Crippen MR) is 187 cm³/mol. The lowest BCUT2D eigenvalue weighted by atomic mass is 9.93. The molecule has 0 aliphatic rings. The smallest absolute Gasteiger partial charge is 0.171 e. The number of pyridine rings is 1. The van der Waals surface area contributed by atoms with Gasteiger partial charge < -0.3 is 4.57 Å². The quantitative estimate of drug-likeness (QED) is 0.115. The van der Waals surface area contributed by atoms with Crippen molar-refractivity contribution in [1.29, 1.82) is 0 Å². The van der Waals surface area contributed by atoms with Crippen LogP contribution >= 0.6 is 7.14 Å². The lowest BCUT2D eigenvalue weighted by Gasteiger charge is -2.20. The van der Waals surface area contributed by atoms with Crippen LogP contribution in [0.4, 0.5) is 0 Å². The van der Waals surface area contributed by atoms with Crippen molar-refractivity contribution in [1.82, 2.24) is 4.98 Å². The van der Waals surface area contributed by atoms with Crippen LogP contribution in [-0.2, 0) is 4.57 Å². The highest BCUT2D eigenvalue weighted by Gasteiger charge is 2.29. The van der Waals surface area contributed by atoms with Crippen molar-refractivity contribution in [3.8, 4) is 22.3 Å². The van der Waals surface area contributed by atoms with E-state index in [-0.39, 0.29) is 0 Å². The molecule has 1 aromatic heterocycles. The molecule has 0 saturated heterocycles. The summed E-state index contributed by atoms with van der Waals surface area (Å²) < 4.78 is 14.9. The first-order valence-electron chi connectivity index (χ1n) is 14.8. The largest absolute Gasteiger partial charge is 0.309 e. The number of nitrogens with zero attached hydrogens (tertiary/aromatic N) is 1. The molecule has 0 bridgehead atoms. The second-order valence-electron chi connectivity index (χ2n) is 11.1. The highest BCUT2D eigenvalue weighted by atomic mass is 31.2. The molecular weight excluding hydrogens is 553 g/mol. The number of hydrogen-bond donors (Lipinski definition) is 0. The molecule has 0 unspecified atom stereocenters. The van der Waals surface area contributed by atoms with Crippen LogP contribution in [-0.4, -0.2) is 4.98 Å². The summed E-state index contributed by atoms with van der Waals surface area (Å²) in [7, 11) is -3.06. The normalized spacial score (nSPS) is 11.7. The van der Waals surface area contributed by atoms with Crippen LogP contribution in [0.3, 0.4) is 0 Å². The minimum Gasteiger partial charge on any atom is -0.309 e. The van der Waals surface area contributed by atoms with E-state index in [1.165, 1.54) is 10.8 Å².